The van der Waals surface area contributed by atoms with E-state index in [1.165, 1.54) is 0 Å². The average molecular weight is 355 g/mol. The predicted molar refractivity (Wildman–Crippen MR) is 87.8 cm³/mol. The van der Waals surface area contributed by atoms with E-state index >= 15 is 0 Å². The molecule has 0 saturated heterocycles. The number of hydrogen-bond acceptors (Lipinski definition) is 2. The van der Waals surface area contributed by atoms with Crippen LogP contribution < -0.4 is 10.1 Å². The molecule has 20 heavy (non-hydrogen) atoms. The molecule has 2 rings (SSSR count). The van der Waals surface area contributed by atoms with E-state index in [4.69, 9.17) is 16.3 Å². The number of aryl methyl sites for hydroxylation is 1. The third-order valence-electron chi connectivity index (χ3n) is 3.02. The van der Waals surface area contributed by atoms with Crippen LogP contribution in [0.4, 0.5) is 0 Å². The van der Waals surface area contributed by atoms with Crippen molar-refractivity contribution < 1.29 is 4.74 Å². The second kappa shape index (κ2) is 7.11. The SMILES string of the molecule is CCc1cc(Oc2ccc(Br)cc2CNC)ccc1Cl. The molecule has 4 heteroatoms. The predicted octanol–water partition coefficient (Wildman–Crippen LogP) is 5.18. The molecule has 2 aromatic rings. The summed E-state index contributed by atoms with van der Waals surface area (Å²) in [6, 6.07) is 11.8. The van der Waals surface area contributed by atoms with Gasteiger partial charge in [0.2, 0.25) is 0 Å². The van der Waals surface area contributed by atoms with Crippen molar-refractivity contribution in [3.63, 3.8) is 0 Å². The van der Waals surface area contributed by atoms with Crippen LogP contribution in [0.15, 0.2) is 40.9 Å². The molecule has 0 aliphatic carbocycles. The molecule has 106 valence electrons. The Bertz CT molecular complexity index is 601. The highest BCUT2D eigenvalue weighted by Gasteiger charge is 2.07. The Morgan fingerprint density at radius 2 is 1.95 bits per heavy atom. The third-order valence-corrected chi connectivity index (χ3v) is 3.88. The smallest absolute Gasteiger partial charge is 0.131 e. The minimum Gasteiger partial charge on any atom is -0.457 e. The van der Waals surface area contributed by atoms with Gasteiger partial charge in [0, 0.05) is 21.6 Å². The molecule has 0 spiro atoms. The van der Waals surface area contributed by atoms with Crippen molar-refractivity contribution in [3.05, 3.63) is 57.0 Å². The van der Waals surface area contributed by atoms with E-state index in [0.717, 1.165) is 45.1 Å². The number of ether oxygens (including phenoxy) is 1. The summed E-state index contributed by atoms with van der Waals surface area (Å²) in [5.74, 6) is 1.66. The van der Waals surface area contributed by atoms with E-state index in [9.17, 15) is 0 Å². The van der Waals surface area contributed by atoms with E-state index in [0.29, 0.717) is 0 Å². The van der Waals surface area contributed by atoms with Gasteiger partial charge in [-0.25, -0.2) is 0 Å². The van der Waals surface area contributed by atoms with Crippen LogP contribution in [0.3, 0.4) is 0 Å². The minimum atomic E-state index is 0.753. The van der Waals surface area contributed by atoms with Crippen LogP contribution in [-0.4, -0.2) is 7.05 Å². The summed E-state index contributed by atoms with van der Waals surface area (Å²) in [5.41, 5.74) is 2.20. The molecule has 0 unspecified atom stereocenters. The Morgan fingerprint density at radius 1 is 1.15 bits per heavy atom. The van der Waals surface area contributed by atoms with Crippen molar-refractivity contribution >= 4 is 27.5 Å². The summed E-state index contributed by atoms with van der Waals surface area (Å²) in [7, 11) is 1.92. The van der Waals surface area contributed by atoms with Crippen molar-refractivity contribution in [2.45, 2.75) is 19.9 Å². The van der Waals surface area contributed by atoms with E-state index < -0.39 is 0 Å². The van der Waals surface area contributed by atoms with Crippen LogP contribution in [-0.2, 0) is 13.0 Å². The maximum atomic E-state index is 6.13. The molecule has 2 nitrogen and oxygen atoms in total. The van der Waals surface area contributed by atoms with Gasteiger partial charge in [0.05, 0.1) is 0 Å². The van der Waals surface area contributed by atoms with Crippen LogP contribution in [0.5, 0.6) is 11.5 Å². The zero-order valence-corrected chi connectivity index (χ0v) is 13.9. The monoisotopic (exact) mass is 353 g/mol. The highest BCUT2D eigenvalue weighted by molar-refractivity contribution is 9.10. The molecule has 1 N–H and O–H groups in total. The van der Waals surface area contributed by atoms with Gasteiger partial charge in [-0.2, -0.15) is 0 Å². The van der Waals surface area contributed by atoms with Gasteiger partial charge in [0.1, 0.15) is 11.5 Å². The number of benzene rings is 2. The number of nitrogens with one attached hydrogen (secondary N) is 1. The summed E-state index contributed by atoms with van der Waals surface area (Å²) in [6.07, 6.45) is 0.889. The van der Waals surface area contributed by atoms with E-state index in [1.807, 2.05) is 37.4 Å². The maximum Gasteiger partial charge on any atom is 0.131 e. The van der Waals surface area contributed by atoms with Gasteiger partial charge in [-0.15, -0.1) is 0 Å². The van der Waals surface area contributed by atoms with Crippen molar-refractivity contribution in [1.29, 1.82) is 0 Å². The lowest BCUT2D eigenvalue weighted by atomic mass is 10.1. The molecule has 0 bridgehead atoms. The zero-order valence-electron chi connectivity index (χ0n) is 11.5. The van der Waals surface area contributed by atoms with Crippen molar-refractivity contribution in [2.75, 3.05) is 7.05 Å². The summed E-state index contributed by atoms with van der Waals surface area (Å²) in [4.78, 5) is 0. The van der Waals surface area contributed by atoms with Crippen LogP contribution in [0.1, 0.15) is 18.1 Å². The molecule has 0 atom stereocenters. The second-order valence-corrected chi connectivity index (χ2v) is 5.81. The van der Waals surface area contributed by atoms with Crippen LogP contribution in [0.25, 0.3) is 0 Å². The highest BCUT2D eigenvalue weighted by Crippen LogP contribution is 2.30. The number of halogens is 2. The van der Waals surface area contributed by atoms with Crippen molar-refractivity contribution in [2.24, 2.45) is 0 Å². The summed E-state index contributed by atoms with van der Waals surface area (Å²) >= 11 is 9.61. The minimum absolute atomic E-state index is 0.753. The van der Waals surface area contributed by atoms with Crippen LogP contribution in [0.2, 0.25) is 5.02 Å². The first-order valence-electron chi connectivity index (χ1n) is 6.53. The van der Waals surface area contributed by atoms with Crippen LogP contribution >= 0.6 is 27.5 Å². The molecule has 0 amide bonds. The van der Waals surface area contributed by atoms with Crippen molar-refractivity contribution in [3.8, 4) is 11.5 Å². The molecule has 0 fully saturated rings. The van der Waals surface area contributed by atoms with Gasteiger partial charge in [0.25, 0.3) is 0 Å². The Labute approximate surface area is 133 Å². The fourth-order valence-electron chi connectivity index (χ4n) is 1.99. The van der Waals surface area contributed by atoms with Crippen LogP contribution in [0, 0.1) is 0 Å². The van der Waals surface area contributed by atoms with E-state index in [-0.39, 0.29) is 0 Å². The lowest BCUT2D eigenvalue weighted by Crippen LogP contribution is -2.06. The first-order chi connectivity index (χ1) is 9.63. The first-order valence-corrected chi connectivity index (χ1v) is 7.70. The summed E-state index contributed by atoms with van der Waals surface area (Å²) in [6.45, 7) is 2.83. The average Bonchev–Trinajstić information content (AvgIpc) is 2.44. The fourth-order valence-corrected chi connectivity index (χ4v) is 2.65. The Hall–Kier alpha value is -1.03. The van der Waals surface area contributed by atoms with Gasteiger partial charge >= 0.3 is 0 Å². The molecule has 0 heterocycles. The lowest BCUT2D eigenvalue weighted by molar-refractivity contribution is 0.473. The lowest BCUT2D eigenvalue weighted by Gasteiger charge is -2.13. The molecule has 0 radical (unpaired) electrons. The third kappa shape index (κ3) is 3.75. The number of hydrogen-bond donors (Lipinski definition) is 1. The Morgan fingerprint density at radius 3 is 2.65 bits per heavy atom. The zero-order chi connectivity index (χ0) is 14.5. The Balaban J connectivity index is 2.29. The molecule has 0 saturated carbocycles. The van der Waals surface area contributed by atoms with E-state index in [1.54, 1.807) is 0 Å². The first kappa shape index (κ1) is 15.4. The fraction of sp³-hybridized carbons (Fsp3) is 0.250. The normalized spacial score (nSPS) is 10.6. The molecular formula is C16H17BrClNO. The molecule has 2 aromatic carbocycles. The summed E-state index contributed by atoms with van der Waals surface area (Å²) in [5, 5.41) is 3.93. The highest BCUT2D eigenvalue weighted by atomic mass is 79.9. The quantitative estimate of drug-likeness (QED) is 0.799. The van der Waals surface area contributed by atoms with E-state index in [2.05, 4.69) is 34.2 Å². The summed E-state index contributed by atoms with van der Waals surface area (Å²) < 4.78 is 7.04. The molecule has 0 aromatic heterocycles. The van der Waals surface area contributed by atoms with Gasteiger partial charge < -0.3 is 10.1 Å². The van der Waals surface area contributed by atoms with Gasteiger partial charge in [-0.05, 0) is 55.4 Å². The topological polar surface area (TPSA) is 21.3 Å². The van der Waals surface area contributed by atoms with Gasteiger partial charge in [-0.3, -0.25) is 0 Å². The second-order valence-electron chi connectivity index (χ2n) is 4.49. The van der Waals surface area contributed by atoms with Gasteiger partial charge in [0.15, 0.2) is 0 Å². The molecular weight excluding hydrogens is 338 g/mol. The van der Waals surface area contributed by atoms with Gasteiger partial charge in [-0.1, -0.05) is 34.5 Å². The maximum absolute atomic E-state index is 6.13. The van der Waals surface area contributed by atoms with Crippen molar-refractivity contribution in [1.82, 2.24) is 5.32 Å². The largest absolute Gasteiger partial charge is 0.457 e. The Kier molecular flexibility index (Phi) is 5.46. The molecule has 0 aliphatic rings. The molecule has 0 aliphatic heterocycles. The number of rotatable bonds is 5. The standard InChI is InChI=1S/C16H17BrClNO/c1-3-11-9-14(5-6-15(11)18)20-16-7-4-13(17)8-12(16)10-19-2/h4-9,19H,3,10H2,1-2H3.